The van der Waals surface area contributed by atoms with Gasteiger partial charge in [-0.05, 0) is 36.4 Å². The Morgan fingerprint density at radius 1 is 1.22 bits per heavy atom. The van der Waals surface area contributed by atoms with E-state index >= 15 is 0 Å². The van der Waals surface area contributed by atoms with E-state index in [0.717, 1.165) is 0 Å². The van der Waals surface area contributed by atoms with E-state index in [1.165, 1.54) is 6.20 Å². The van der Waals surface area contributed by atoms with Gasteiger partial charge in [-0.25, -0.2) is 0 Å². The van der Waals surface area contributed by atoms with Crippen molar-refractivity contribution in [3.63, 3.8) is 0 Å². The van der Waals surface area contributed by atoms with Crippen LogP contribution in [0.15, 0.2) is 48.8 Å². The Labute approximate surface area is 148 Å². The number of hydrogen-bond acceptors (Lipinski definition) is 4. The quantitative estimate of drug-likeness (QED) is 0.620. The molecule has 0 aliphatic heterocycles. The van der Waals surface area contributed by atoms with Crippen molar-refractivity contribution < 1.29 is 9.53 Å². The average Bonchev–Trinajstić information content (AvgIpc) is 2.54. The average molecular weight is 375 g/mol. The van der Waals surface area contributed by atoms with Gasteiger partial charge >= 0.3 is 0 Å². The number of hydrogen-bond donors (Lipinski definition) is 2. The summed E-state index contributed by atoms with van der Waals surface area (Å²) in [4.78, 5) is 16.1. The van der Waals surface area contributed by atoms with Crippen molar-refractivity contribution in [2.24, 2.45) is 0 Å². The summed E-state index contributed by atoms with van der Waals surface area (Å²) in [6, 6.07) is 10.3. The van der Waals surface area contributed by atoms with Crippen LogP contribution >= 0.6 is 34.8 Å². The van der Waals surface area contributed by atoms with Crippen molar-refractivity contribution in [3.8, 4) is 5.75 Å². The molecule has 122 valence electrons. The number of amides is 1. The maximum atomic E-state index is 12.2. The van der Waals surface area contributed by atoms with Crippen LogP contribution in [0.5, 0.6) is 5.75 Å². The Balaban J connectivity index is 2.12. The molecule has 1 aromatic carbocycles. The van der Waals surface area contributed by atoms with Crippen molar-refractivity contribution in [1.29, 1.82) is 0 Å². The molecule has 0 saturated heterocycles. The van der Waals surface area contributed by atoms with E-state index in [2.05, 4.69) is 15.6 Å². The molecule has 0 saturated carbocycles. The Kier molecular flexibility index (Phi) is 5.93. The van der Waals surface area contributed by atoms with Crippen LogP contribution < -0.4 is 15.4 Å². The number of benzene rings is 1. The number of ether oxygens (including phenoxy) is 1. The highest BCUT2D eigenvalue weighted by Gasteiger charge is 2.34. The molecule has 0 fully saturated rings. The first-order valence-corrected chi connectivity index (χ1v) is 7.72. The van der Waals surface area contributed by atoms with Crippen molar-refractivity contribution in [2.45, 2.75) is 9.96 Å². The van der Waals surface area contributed by atoms with Gasteiger partial charge in [0.1, 0.15) is 11.9 Å². The Bertz CT molecular complexity index is 645. The molecular formula is C15H14Cl3N3O2. The van der Waals surface area contributed by atoms with Gasteiger partial charge in [0.2, 0.25) is 3.79 Å². The molecule has 5 nitrogen and oxygen atoms in total. The summed E-state index contributed by atoms with van der Waals surface area (Å²) in [5.41, 5.74) is 1.02. The topological polar surface area (TPSA) is 63.2 Å². The molecule has 1 amide bonds. The number of halogens is 3. The highest BCUT2D eigenvalue weighted by Crippen LogP contribution is 2.31. The molecule has 0 radical (unpaired) electrons. The highest BCUT2D eigenvalue weighted by molar-refractivity contribution is 6.68. The molecule has 8 heteroatoms. The molecule has 0 unspecified atom stereocenters. The van der Waals surface area contributed by atoms with Crippen LogP contribution in [0.2, 0.25) is 0 Å². The first kappa shape index (κ1) is 17.7. The Morgan fingerprint density at radius 2 is 1.91 bits per heavy atom. The van der Waals surface area contributed by atoms with Crippen LogP contribution in [0.4, 0.5) is 5.69 Å². The van der Waals surface area contributed by atoms with Gasteiger partial charge in [-0.1, -0.05) is 34.8 Å². The van der Waals surface area contributed by atoms with Gasteiger partial charge in [-0.2, -0.15) is 0 Å². The fraction of sp³-hybridized carbons (Fsp3) is 0.200. The molecule has 0 bridgehead atoms. The van der Waals surface area contributed by atoms with Gasteiger partial charge in [-0.15, -0.1) is 0 Å². The van der Waals surface area contributed by atoms with Crippen molar-refractivity contribution in [3.05, 3.63) is 54.4 Å². The zero-order valence-corrected chi connectivity index (χ0v) is 14.4. The fourth-order valence-electron chi connectivity index (χ4n) is 1.77. The van der Waals surface area contributed by atoms with E-state index in [0.29, 0.717) is 17.0 Å². The molecular weight excluding hydrogens is 361 g/mol. The van der Waals surface area contributed by atoms with E-state index in [-0.39, 0.29) is 0 Å². The van der Waals surface area contributed by atoms with Crippen molar-refractivity contribution in [1.82, 2.24) is 10.3 Å². The smallest absolute Gasteiger partial charge is 0.254 e. The minimum Gasteiger partial charge on any atom is -0.497 e. The molecule has 0 aliphatic carbocycles. The maximum absolute atomic E-state index is 12.2. The molecule has 1 atom stereocenters. The fourth-order valence-corrected chi connectivity index (χ4v) is 2.09. The maximum Gasteiger partial charge on any atom is 0.254 e. The summed E-state index contributed by atoms with van der Waals surface area (Å²) in [5.74, 6) is 0.288. The summed E-state index contributed by atoms with van der Waals surface area (Å²) < 4.78 is 3.33. The third-order valence-corrected chi connectivity index (χ3v) is 3.58. The number of carbonyl (C=O) groups excluding carboxylic acids is 1. The second-order valence-corrected chi connectivity index (χ2v) is 6.93. The summed E-state index contributed by atoms with van der Waals surface area (Å²) in [7, 11) is 1.57. The number of alkyl halides is 3. The zero-order chi connectivity index (χ0) is 16.9. The molecule has 1 aromatic heterocycles. The van der Waals surface area contributed by atoms with E-state index < -0.39 is 15.9 Å². The second-order valence-electron chi connectivity index (χ2n) is 4.56. The number of carbonyl (C=O) groups is 1. The molecule has 1 heterocycles. The highest BCUT2D eigenvalue weighted by atomic mass is 35.6. The lowest BCUT2D eigenvalue weighted by Gasteiger charge is -2.27. The standard InChI is InChI=1S/C15H14Cl3N3O2/c1-23-12-6-4-11(5-7-12)20-14(15(16,17)18)21-13(22)10-3-2-8-19-9-10/h2-9,14,20H,1H3,(H,21,22)/t14-/m1/s1. The molecule has 0 spiro atoms. The minimum atomic E-state index is -1.75. The molecule has 2 aromatic rings. The number of anilines is 1. The lowest BCUT2D eigenvalue weighted by Crippen LogP contribution is -2.49. The molecule has 23 heavy (non-hydrogen) atoms. The van der Waals surface area contributed by atoms with E-state index in [1.54, 1.807) is 49.7 Å². The second kappa shape index (κ2) is 7.73. The molecule has 2 rings (SSSR count). The molecule has 2 N–H and O–H groups in total. The van der Waals surface area contributed by atoms with Crippen LogP contribution in [0.1, 0.15) is 10.4 Å². The summed E-state index contributed by atoms with van der Waals surface area (Å²) in [6.45, 7) is 0. The van der Waals surface area contributed by atoms with Gasteiger partial charge in [0, 0.05) is 18.1 Å². The predicted octanol–water partition coefficient (Wildman–Crippen LogP) is 3.63. The number of nitrogens with one attached hydrogen (secondary N) is 2. The minimum absolute atomic E-state index is 0.364. The van der Waals surface area contributed by atoms with Crippen molar-refractivity contribution in [2.75, 3.05) is 12.4 Å². The van der Waals surface area contributed by atoms with Gasteiger partial charge < -0.3 is 15.4 Å². The summed E-state index contributed by atoms with van der Waals surface area (Å²) in [6.07, 6.45) is 2.06. The lowest BCUT2D eigenvalue weighted by molar-refractivity contribution is 0.0941. The van der Waals surface area contributed by atoms with E-state index in [9.17, 15) is 4.79 Å². The SMILES string of the molecule is COc1ccc(N[C@H](NC(=O)c2cccnc2)C(Cl)(Cl)Cl)cc1. The van der Waals surface area contributed by atoms with Gasteiger partial charge in [0.25, 0.3) is 5.91 Å². The number of methoxy groups -OCH3 is 1. The monoisotopic (exact) mass is 373 g/mol. The first-order valence-electron chi connectivity index (χ1n) is 6.58. The van der Waals surface area contributed by atoms with E-state index in [1.807, 2.05) is 0 Å². The summed E-state index contributed by atoms with van der Waals surface area (Å²) in [5, 5.41) is 5.60. The largest absolute Gasteiger partial charge is 0.497 e. The first-order chi connectivity index (χ1) is 10.9. The Hall–Kier alpha value is -1.69. The predicted molar refractivity (Wildman–Crippen MR) is 92.4 cm³/mol. The van der Waals surface area contributed by atoms with Gasteiger partial charge in [-0.3, -0.25) is 9.78 Å². The zero-order valence-electron chi connectivity index (χ0n) is 12.1. The van der Waals surface area contributed by atoms with Crippen LogP contribution in [-0.2, 0) is 0 Å². The third-order valence-electron chi connectivity index (χ3n) is 2.93. The van der Waals surface area contributed by atoms with Crippen LogP contribution in [0, 0.1) is 0 Å². The van der Waals surface area contributed by atoms with E-state index in [4.69, 9.17) is 39.5 Å². The summed E-state index contributed by atoms with van der Waals surface area (Å²) >= 11 is 17.9. The van der Waals surface area contributed by atoms with Crippen LogP contribution in [0.25, 0.3) is 0 Å². The van der Waals surface area contributed by atoms with Crippen LogP contribution in [0.3, 0.4) is 0 Å². The number of rotatable bonds is 5. The van der Waals surface area contributed by atoms with Gasteiger partial charge in [0.15, 0.2) is 0 Å². The Morgan fingerprint density at radius 3 is 2.43 bits per heavy atom. The molecule has 0 aliphatic rings. The van der Waals surface area contributed by atoms with Crippen molar-refractivity contribution >= 4 is 46.4 Å². The number of aromatic nitrogens is 1. The number of pyridine rings is 1. The normalized spacial score (nSPS) is 12.3. The third kappa shape index (κ3) is 5.16. The number of nitrogens with zero attached hydrogens (tertiary/aromatic N) is 1. The van der Waals surface area contributed by atoms with Crippen LogP contribution in [-0.4, -0.2) is 28.0 Å². The lowest BCUT2D eigenvalue weighted by atomic mass is 10.2. The van der Waals surface area contributed by atoms with Gasteiger partial charge in [0.05, 0.1) is 12.7 Å².